The molecule has 0 unspecified atom stereocenters. The van der Waals surface area contributed by atoms with Crippen LogP contribution in [0.5, 0.6) is 0 Å². The number of nitrogens with zero attached hydrogens (tertiary/aromatic N) is 1. The summed E-state index contributed by atoms with van der Waals surface area (Å²) < 4.78 is 31.1. The van der Waals surface area contributed by atoms with Crippen molar-refractivity contribution in [2.75, 3.05) is 19.6 Å². The molecule has 0 bridgehead atoms. The Balaban J connectivity index is 2.80. The Hall–Kier alpha value is -2.46. The van der Waals surface area contributed by atoms with Crippen LogP contribution in [0.25, 0.3) is 0 Å². The summed E-state index contributed by atoms with van der Waals surface area (Å²) in [6.07, 6.45) is -1.20. The fraction of sp³-hybridized carbons (Fsp3) is 0.471. The van der Waals surface area contributed by atoms with E-state index >= 15 is 0 Å². The molecule has 1 atom stereocenters. The van der Waals surface area contributed by atoms with Crippen LogP contribution in [0, 0.1) is 0 Å². The van der Waals surface area contributed by atoms with E-state index in [4.69, 9.17) is 4.74 Å². The third-order valence-corrected chi connectivity index (χ3v) is 5.72. The standard InChI is InChI=1S/C17H25N3O6S/c1-5-18-17(23)19-15(21)12(4)26-16(22)13-8-10-14(11-9-13)27(24,25)20(6-2)7-3/h8-12H,5-7H2,1-4H3,(H2,18,19,21,23)/t12-/m0/s1. The fourth-order valence-corrected chi connectivity index (χ4v) is 3.63. The highest BCUT2D eigenvalue weighted by atomic mass is 32.2. The molecule has 1 rings (SSSR count). The molecule has 9 nitrogen and oxygen atoms in total. The number of esters is 1. The minimum absolute atomic E-state index is 0.0600. The first-order chi connectivity index (χ1) is 12.7. The molecule has 0 radical (unpaired) electrons. The number of urea groups is 1. The van der Waals surface area contributed by atoms with Crippen LogP contribution < -0.4 is 10.6 Å². The van der Waals surface area contributed by atoms with Crippen LogP contribution in [0.4, 0.5) is 4.79 Å². The number of carbonyl (C=O) groups is 3. The number of benzene rings is 1. The summed E-state index contributed by atoms with van der Waals surface area (Å²) in [6.45, 7) is 7.50. The van der Waals surface area contributed by atoms with Gasteiger partial charge in [-0.2, -0.15) is 4.31 Å². The monoisotopic (exact) mass is 399 g/mol. The van der Waals surface area contributed by atoms with E-state index in [9.17, 15) is 22.8 Å². The Morgan fingerprint density at radius 1 is 1.07 bits per heavy atom. The summed E-state index contributed by atoms with van der Waals surface area (Å²) in [4.78, 5) is 35.3. The molecule has 0 aromatic heterocycles. The molecular weight excluding hydrogens is 374 g/mol. The van der Waals surface area contributed by atoms with Gasteiger partial charge in [-0.1, -0.05) is 13.8 Å². The maximum Gasteiger partial charge on any atom is 0.338 e. The van der Waals surface area contributed by atoms with E-state index in [2.05, 4.69) is 5.32 Å². The fourth-order valence-electron chi connectivity index (χ4n) is 2.18. The molecule has 0 aliphatic heterocycles. The summed E-state index contributed by atoms with van der Waals surface area (Å²) >= 11 is 0. The number of carbonyl (C=O) groups excluding carboxylic acids is 3. The highest BCUT2D eigenvalue weighted by Gasteiger charge is 2.23. The predicted octanol–water partition coefficient (Wildman–Crippen LogP) is 1.11. The highest BCUT2D eigenvalue weighted by molar-refractivity contribution is 7.89. The van der Waals surface area contributed by atoms with Gasteiger partial charge in [0.25, 0.3) is 5.91 Å². The lowest BCUT2D eigenvalue weighted by molar-refractivity contribution is -0.127. The molecule has 0 aliphatic carbocycles. The molecule has 0 fully saturated rings. The second kappa shape index (κ2) is 10.0. The first-order valence-corrected chi connectivity index (χ1v) is 10.0. The predicted molar refractivity (Wildman–Crippen MR) is 98.6 cm³/mol. The van der Waals surface area contributed by atoms with Gasteiger partial charge < -0.3 is 10.1 Å². The van der Waals surface area contributed by atoms with Crippen molar-refractivity contribution >= 4 is 27.9 Å². The van der Waals surface area contributed by atoms with E-state index in [0.717, 1.165) is 0 Å². The summed E-state index contributed by atoms with van der Waals surface area (Å²) in [5, 5.41) is 4.42. The van der Waals surface area contributed by atoms with Gasteiger partial charge in [0.15, 0.2) is 6.10 Å². The average Bonchev–Trinajstić information content (AvgIpc) is 2.62. The van der Waals surface area contributed by atoms with Gasteiger partial charge in [0.1, 0.15) is 0 Å². The van der Waals surface area contributed by atoms with Gasteiger partial charge in [-0.25, -0.2) is 18.0 Å². The number of nitrogens with one attached hydrogen (secondary N) is 2. The molecule has 0 heterocycles. The minimum atomic E-state index is -3.63. The third kappa shape index (κ3) is 6.04. The number of hydrogen-bond acceptors (Lipinski definition) is 6. The van der Waals surface area contributed by atoms with Gasteiger partial charge in [0.2, 0.25) is 10.0 Å². The van der Waals surface area contributed by atoms with Crippen LogP contribution in [0.3, 0.4) is 0 Å². The highest BCUT2D eigenvalue weighted by Crippen LogP contribution is 2.17. The molecule has 2 N–H and O–H groups in total. The maximum atomic E-state index is 12.4. The molecule has 1 aromatic carbocycles. The van der Waals surface area contributed by atoms with Crippen molar-refractivity contribution in [1.29, 1.82) is 0 Å². The van der Waals surface area contributed by atoms with Crippen molar-refractivity contribution < 1.29 is 27.5 Å². The normalized spacial score (nSPS) is 12.3. The Kier molecular flexibility index (Phi) is 8.38. The van der Waals surface area contributed by atoms with Crippen molar-refractivity contribution in [3.05, 3.63) is 29.8 Å². The average molecular weight is 399 g/mol. The molecule has 3 amide bonds. The Morgan fingerprint density at radius 3 is 2.11 bits per heavy atom. The molecule has 0 spiro atoms. The van der Waals surface area contributed by atoms with Gasteiger partial charge in [-0.15, -0.1) is 0 Å². The quantitative estimate of drug-likeness (QED) is 0.632. The lowest BCUT2D eigenvalue weighted by Crippen LogP contribution is -2.44. The summed E-state index contributed by atoms with van der Waals surface area (Å²) in [6, 6.07) is 4.56. The summed E-state index contributed by atoms with van der Waals surface area (Å²) in [5.41, 5.74) is 0.0890. The molecule has 0 aliphatic rings. The van der Waals surface area contributed by atoms with Crippen molar-refractivity contribution in [1.82, 2.24) is 14.9 Å². The van der Waals surface area contributed by atoms with E-state index in [-0.39, 0.29) is 10.5 Å². The smallest absolute Gasteiger partial charge is 0.338 e. The van der Waals surface area contributed by atoms with E-state index in [0.29, 0.717) is 19.6 Å². The lowest BCUT2D eigenvalue weighted by Gasteiger charge is -2.18. The Morgan fingerprint density at radius 2 is 1.63 bits per heavy atom. The van der Waals surface area contributed by atoms with Crippen molar-refractivity contribution in [2.24, 2.45) is 0 Å². The number of ether oxygens (including phenoxy) is 1. The van der Waals surface area contributed by atoms with Gasteiger partial charge in [0, 0.05) is 19.6 Å². The van der Waals surface area contributed by atoms with Crippen LogP contribution in [0.1, 0.15) is 38.1 Å². The first-order valence-electron chi connectivity index (χ1n) is 8.57. The van der Waals surface area contributed by atoms with Gasteiger partial charge in [-0.05, 0) is 38.1 Å². The van der Waals surface area contributed by atoms with E-state index in [1.54, 1.807) is 20.8 Å². The van der Waals surface area contributed by atoms with Crippen LogP contribution in [0.15, 0.2) is 29.2 Å². The second-order valence-corrected chi connectivity index (χ2v) is 7.45. The van der Waals surface area contributed by atoms with Crippen LogP contribution in [-0.4, -0.2) is 56.4 Å². The third-order valence-electron chi connectivity index (χ3n) is 3.66. The first kappa shape index (κ1) is 22.6. The largest absolute Gasteiger partial charge is 0.449 e. The van der Waals surface area contributed by atoms with E-state index in [1.807, 2.05) is 5.32 Å². The molecule has 150 valence electrons. The molecule has 0 saturated heterocycles. The Labute approximate surface area is 159 Å². The number of amides is 3. The number of imide groups is 1. The van der Waals surface area contributed by atoms with Crippen LogP contribution in [-0.2, 0) is 19.6 Å². The van der Waals surface area contributed by atoms with Crippen LogP contribution >= 0.6 is 0 Å². The van der Waals surface area contributed by atoms with Crippen molar-refractivity contribution in [2.45, 2.75) is 38.7 Å². The van der Waals surface area contributed by atoms with E-state index < -0.39 is 34.0 Å². The molecule has 27 heavy (non-hydrogen) atoms. The van der Waals surface area contributed by atoms with Gasteiger partial charge in [0.05, 0.1) is 10.5 Å². The topological polar surface area (TPSA) is 122 Å². The van der Waals surface area contributed by atoms with Crippen molar-refractivity contribution in [3.63, 3.8) is 0 Å². The SMILES string of the molecule is CCNC(=O)NC(=O)[C@H](C)OC(=O)c1ccc(S(=O)(=O)N(CC)CC)cc1. The zero-order chi connectivity index (χ0) is 20.6. The maximum absolute atomic E-state index is 12.4. The number of sulfonamides is 1. The zero-order valence-electron chi connectivity index (χ0n) is 15.8. The molecule has 0 saturated carbocycles. The molecule has 10 heteroatoms. The van der Waals surface area contributed by atoms with Gasteiger partial charge >= 0.3 is 12.0 Å². The molecular formula is C17H25N3O6S. The number of hydrogen-bond donors (Lipinski definition) is 2. The molecule has 1 aromatic rings. The van der Waals surface area contributed by atoms with Crippen molar-refractivity contribution in [3.8, 4) is 0 Å². The minimum Gasteiger partial charge on any atom is -0.449 e. The summed E-state index contributed by atoms with van der Waals surface area (Å²) in [7, 11) is -3.63. The Bertz CT molecular complexity index is 772. The van der Waals surface area contributed by atoms with Gasteiger partial charge in [-0.3, -0.25) is 10.1 Å². The number of rotatable bonds is 8. The lowest BCUT2D eigenvalue weighted by atomic mass is 10.2. The second-order valence-electron chi connectivity index (χ2n) is 5.51. The van der Waals surface area contributed by atoms with Crippen LogP contribution in [0.2, 0.25) is 0 Å². The zero-order valence-corrected chi connectivity index (χ0v) is 16.6. The summed E-state index contributed by atoms with van der Waals surface area (Å²) in [5.74, 6) is -1.57. The van der Waals surface area contributed by atoms with E-state index in [1.165, 1.54) is 35.5 Å².